The standard InChI is InChI=1S/C8H12O5/c1-3-12-8(11)5-13-7(10)4-6(2)9/h3-5H2,1-2H3. The molecule has 0 aliphatic heterocycles. The lowest BCUT2D eigenvalue weighted by molar-refractivity contribution is -0.159. The van der Waals surface area contributed by atoms with Crippen LogP contribution < -0.4 is 0 Å². The van der Waals surface area contributed by atoms with Gasteiger partial charge >= 0.3 is 11.9 Å². The highest BCUT2D eigenvalue weighted by Crippen LogP contribution is 1.89. The third kappa shape index (κ3) is 6.99. The minimum absolute atomic E-state index is 0.239. The molecule has 0 fully saturated rings. The first-order valence-corrected chi connectivity index (χ1v) is 3.87. The van der Waals surface area contributed by atoms with Crippen molar-refractivity contribution >= 4 is 17.7 Å². The molecule has 0 aliphatic carbocycles. The Morgan fingerprint density at radius 3 is 2.15 bits per heavy atom. The molecule has 0 unspecified atom stereocenters. The number of rotatable bonds is 5. The van der Waals surface area contributed by atoms with Gasteiger partial charge in [0.1, 0.15) is 12.2 Å². The summed E-state index contributed by atoms with van der Waals surface area (Å²) in [6, 6.07) is 0. The Kier molecular flexibility index (Phi) is 5.50. The molecule has 0 bridgehead atoms. The third-order valence-corrected chi connectivity index (χ3v) is 1.05. The lowest BCUT2D eigenvalue weighted by Crippen LogP contribution is -2.17. The average molecular weight is 188 g/mol. The fourth-order valence-corrected chi connectivity index (χ4v) is 0.596. The van der Waals surface area contributed by atoms with Gasteiger partial charge < -0.3 is 9.47 Å². The van der Waals surface area contributed by atoms with Crippen molar-refractivity contribution in [3.63, 3.8) is 0 Å². The van der Waals surface area contributed by atoms with Gasteiger partial charge in [-0.15, -0.1) is 0 Å². The van der Waals surface area contributed by atoms with Gasteiger partial charge in [0.05, 0.1) is 6.61 Å². The lowest BCUT2D eigenvalue weighted by atomic mass is 10.3. The summed E-state index contributed by atoms with van der Waals surface area (Å²) in [5, 5.41) is 0. The van der Waals surface area contributed by atoms with E-state index in [1.54, 1.807) is 6.92 Å². The van der Waals surface area contributed by atoms with E-state index < -0.39 is 18.5 Å². The maximum absolute atomic E-state index is 10.7. The van der Waals surface area contributed by atoms with Gasteiger partial charge in [0.2, 0.25) is 0 Å². The molecule has 0 rings (SSSR count). The minimum atomic E-state index is -0.708. The second kappa shape index (κ2) is 6.16. The van der Waals surface area contributed by atoms with Crippen LogP contribution in [0.2, 0.25) is 0 Å². The smallest absolute Gasteiger partial charge is 0.344 e. The number of esters is 2. The van der Waals surface area contributed by atoms with Crippen LogP contribution in [-0.4, -0.2) is 30.9 Å². The number of ketones is 1. The van der Waals surface area contributed by atoms with Crippen molar-refractivity contribution in [2.45, 2.75) is 20.3 Å². The zero-order valence-corrected chi connectivity index (χ0v) is 7.66. The number of hydrogen-bond acceptors (Lipinski definition) is 5. The fraction of sp³-hybridized carbons (Fsp3) is 0.625. The predicted molar refractivity (Wildman–Crippen MR) is 42.9 cm³/mol. The SMILES string of the molecule is CCOC(=O)COC(=O)CC(C)=O. The number of Topliss-reactive ketones (excluding diaryl/α,β-unsaturated/α-hetero) is 1. The molecule has 74 valence electrons. The molecule has 0 N–H and O–H groups in total. The molecule has 0 heterocycles. The van der Waals surface area contributed by atoms with Crippen molar-refractivity contribution in [1.29, 1.82) is 0 Å². The molecular formula is C8H12O5. The Labute approximate surface area is 76.0 Å². The van der Waals surface area contributed by atoms with Crippen LogP contribution >= 0.6 is 0 Å². The van der Waals surface area contributed by atoms with Crippen molar-refractivity contribution < 1.29 is 23.9 Å². The van der Waals surface area contributed by atoms with Crippen LogP contribution in [0.4, 0.5) is 0 Å². The van der Waals surface area contributed by atoms with Crippen LogP contribution in [0, 0.1) is 0 Å². The Bertz CT molecular complexity index is 209. The van der Waals surface area contributed by atoms with E-state index in [-0.39, 0.29) is 18.8 Å². The number of hydrogen-bond donors (Lipinski definition) is 0. The molecule has 0 atom stereocenters. The van der Waals surface area contributed by atoms with E-state index in [0.29, 0.717) is 0 Å². The first kappa shape index (κ1) is 11.6. The van der Waals surface area contributed by atoms with E-state index in [1.165, 1.54) is 6.92 Å². The number of carbonyl (C=O) groups is 3. The normalized spacial score (nSPS) is 9.08. The summed E-state index contributed by atoms with van der Waals surface area (Å²) >= 11 is 0. The topological polar surface area (TPSA) is 69.7 Å². The van der Waals surface area contributed by atoms with Gasteiger partial charge in [0.25, 0.3) is 0 Å². The van der Waals surface area contributed by atoms with Gasteiger partial charge in [0, 0.05) is 0 Å². The minimum Gasteiger partial charge on any atom is -0.463 e. The molecule has 5 heteroatoms. The number of carbonyl (C=O) groups excluding carboxylic acids is 3. The first-order chi connectivity index (χ1) is 6.06. The zero-order valence-electron chi connectivity index (χ0n) is 7.66. The molecule has 0 aliphatic rings. The van der Waals surface area contributed by atoms with Crippen LogP contribution in [0.3, 0.4) is 0 Å². The summed E-state index contributed by atoms with van der Waals surface area (Å²) < 4.78 is 8.93. The monoisotopic (exact) mass is 188 g/mol. The van der Waals surface area contributed by atoms with Crippen LogP contribution in [0.1, 0.15) is 20.3 Å². The summed E-state index contributed by atoms with van der Waals surface area (Å²) in [5.74, 6) is -1.62. The molecule has 0 saturated carbocycles. The van der Waals surface area contributed by atoms with Gasteiger partial charge in [-0.3, -0.25) is 9.59 Å². The van der Waals surface area contributed by atoms with Crippen molar-refractivity contribution in [2.75, 3.05) is 13.2 Å². The molecule has 0 spiro atoms. The van der Waals surface area contributed by atoms with Crippen LogP contribution in [0.5, 0.6) is 0 Å². The van der Waals surface area contributed by atoms with E-state index in [2.05, 4.69) is 9.47 Å². The predicted octanol–water partition coefficient (Wildman–Crippen LogP) is 0.0718. The van der Waals surface area contributed by atoms with Crippen molar-refractivity contribution in [3.05, 3.63) is 0 Å². The maximum Gasteiger partial charge on any atom is 0.344 e. The highest BCUT2D eigenvalue weighted by Gasteiger charge is 2.09. The highest BCUT2D eigenvalue weighted by atomic mass is 16.6. The molecular weight excluding hydrogens is 176 g/mol. The number of ether oxygens (including phenoxy) is 2. The molecule has 5 nitrogen and oxygen atoms in total. The quantitative estimate of drug-likeness (QED) is 0.451. The summed E-state index contributed by atoms with van der Waals surface area (Å²) in [5.41, 5.74) is 0. The second-order valence-electron chi connectivity index (χ2n) is 2.34. The largest absolute Gasteiger partial charge is 0.463 e. The zero-order chi connectivity index (χ0) is 10.3. The Morgan fingerprint density at radius 2 is 1.69 bits per heavy atom. The average Bonchev–Trinajstić information content (AvgIpc) is 2.00. The Morgan fingerprint density at radius 1 is 1.08 bits per heavy atom. The first-order valence-electron chi connectivity index (χ1n) is 3.87. The Balaban J connectivity index is 3.58. The van der Waals surface area contributed by atoms with E-state index in [0.717, 1.165) is 0 Å². The van der Waals surface area contributed by atoms with Crippen LogP contribution in [0.15, 0.2) is 0 Å². The van der Waals surface area contributed by atoms with Gasteiger partial charge in [-0.25, -0.2) is 4.79 Å². The van der Waals surface area contributed by atoms with E-state index in [4.69, 9.17) is 0 Å². The van der Waals surface area contributed by atoms with Crippen molar-refractivity contribution in [1.82, 2.24) is 0 Å². The highest BCUT2D eigenvalue weighted by molar-refractivity contribution is 5.94. The van der Waals surface area contributed by atoms with Crippen LogP contribution in [0.25, 0.3) is 0 Å². The van der Waals surface area contributed by atoms with Gasteiger partial charge in [-0.2, -0.15) is 0 Å². The van der Waals surface area contributed by atoms with E-state index in [1.807, 2.05) is 0 Å². The summed E-state index contributed by atoms with van der Waals surface area (Å²) in [6.45, 7) is 2.73. The van der Waals surface area contributed by atoms with Gasteiger partial charge in [0.15, 0.2) is 6.61 Å². The van der Waals surface area contributed by atoms with Gasteiger partial charge in [-0.05, 0) is 13.8 Å². The lowest BCUT2D eigenvalue weighted by Gasteiger charge is -2.02. The van der Waals surface area contributed by atoms with Crippen LogP contribution in [-0.2, 0) is 23.9 Å². The molecule has 0 aromatic rings. The molecule has 13 heavy (non-hydrogen) atoms. The summed E-state index contributed by atoms with van der Waals surface area (Å²) in [6.07, 6.45) is -0.306. The molecule has 0 aromatic carbocycles. The third-order valence-electron chi connectivity index (χ3n) is 1.05. The van der Waals surface area contributed by atoms with Gasteiger partial charge in [-0.1, -0.05) is 0 Å². The van der Waals surface area contributed by atoms with Crippen molar-refractivity contribution in [3.8, 4) is 0 Å². The van der Waals surface area contributed by atoms with E-state index in [9.17, 15) is 14.4 Å². The maximum atomic E-state index is 10.7. The summed E-state index contributed by atoms with van der Waals surface area (Å²) in [4.78, 5) is 31.8. The fourth-order valence-electron chi connectivity index (χ4n) is 0.596. The Hall–Kier alpha value is -1.39. The molecule has 0 aromatic heterocycles. The van der Waals surface area contributed by atoms with Crippen molar-refractivity contribution in [2.24, 2.45) is 0 Å². The molecule has 0 saturated heterocycles. The van der Waals surface area contributed by atoms with E-state index >= 15 is 0 Å². The summed E-state index contributed by atoms with van der Waals surface area (Å²) in [7, 11) is 0. The molecule has 0 radical (unpaired) electrons. The molecule has 0 amide bonds. The second-order valence-corrected chi connectivity index (χ2v) is 2.34.